The number of nitrogens with zero attached hydrogens (tertiary/aromatic N) is 2. The van der Waals surface area contributed by atoms with Gasteiger partial charge >= 0.3 is 0 Å². The Morgan fingerprint density at radius 1 is 1.21 bits per heavy atom. The van der Waals surface area contributed by atoms with E-state index < -0.39 is 0 Å². The number of carbonyl (C=O) groups is 1. The summed E-state index contributed by atoms with van der Waals surface area (Å²) < 4.78 is 0.823. The zero-order valence-corrected chi connectivity index (χ0v) is 12.2. The molecule has 0 saturated carbocycles. The van der Waals surface area contributed by atoms with Crippen LogP contribution in [-0.4, -0.2) is 15.9 Å². The normalized spacial score (nSPS) is 10.3. The van der Waals surface area contributed by atoms with Gasteiger partial charge in [-0.3, -0.25) is 10.1 Å². The van der Waals surface area contributed by atoms with Crippen LogP contribution in [0.1, 0.15) is 21.7 Å². The highest BCUT2D eigenvalue weighted by atomic mass is 79.9. The minimum atomic E-state index is -0.324. The van der Waals surface area contributed by atoms with E-state index in [1.54, 1.807) is 18.2 Å². The van der Waals surface area contributed by atoms with E-state index in [4.69, 9.17) is 5.73 Å². The number of nitrogens with one attached hydrogen (secondary N) is 1. The van der Waals surface area contributed by atoms with E-state index in [9.17, 15) is 4.79 Å². The summed E-state index contributed by atoms with van der Waals surface area (Å²) in [6.45, 7) is 3.69. The number of anilines is 2. The molecule has 0 radical (unpaired) electrons. The van der Waals surface area contributed by atoms with Crippen LogP contribution in [0, 0.1) is 13.8 Å². The van der Waals surface area contributed by atoms with Crippen molar-refractivity contribution >= 4 is 33.5 Å². The molecule has 0 bridgehead atoms. The molecule has 98 valence electrons. The molecular formula is C13H13BrN4O. The van der Waals surface area contributed by atoms with Crippen molar-refractivity contribution in [1.29, 1.82) is 0 Å². The third kappa shape index (κ3) is 3.29. The molecule has 0 aliphatic heterocycles. The molecule has 0 aliphatic carbocycles. The van der Waals surface area contributed by atoms with Gasteiger partial charge in [0, 0.05) is 21.5 Å². The van der Waals surface area contributed by atoms with Crippen LogP contribution in [0.15, 0.2) is 28.7 Å². The highest BCUT2D eigenvalue weighted by molar-refractivity contribution is 9.10. The molecule has 2 rings (SSSR count). The maximum atomic E-state index is 12.1. The molecule has 0 saturated heterocycles. The van der Waals surface area contributed by atoms with E-state index in [-0.39, 0.29) is 11.9 Å². The lowest BCUT2D eigenvalue weighted by Crippen LogP contribution is -2.16. The van der Waals surface area contributed by atoms with Crippen molar-refractivity contribution in [3.63, 3.8) is 0 Å². The number of amides is 1. The van der Waals surface area contributed by atoms with Crippen molar-refractivity contribution in [2.45, 2.75) is 13.8 Å². The number of nitrogen functional groups attached to an aromatic ring is 1. The van der Waals surface area contributed by atoms with E-state index >= 15 is 0 Å². The minimum absolute atomic E-state index is 0.282. The van der Waals surface area contributed by atoms with Gasteiger partial charge in [0.15, 0.2) is 0 Å². The summed E-state index contributed by atoms with van der Waals surface area (Å²) in [6, 6.07) is 6.92. The Balaban J connectivity index is 2.25. The number of nitrogens with two attached hydrogens (primary N) is 1. The van der Waals surface area contributed by atoms with Gasteiger partial charge in [-0.15, -0.1) is 0 Å². The smallest absolute Gasteiger partial charge is 0.260 e. The maximum absolute atomic E-state index is 12.1. The zero-order chi connectivity index (χ0) is 14.0. The number of carbonyl (C=O) groups excluding carboxylic acids is 1. The van der Waals surface area contributed by atoms with Crippen molar-refractivity contribution in [3.8, 4) is 0 Å². The van der Waals surface area contributed by atoms with Crippen LogP contribution < -0.4 is 11.1 Å². The number of aryl methyl sites for hydroxylation is 2. The van der Waals surface area contributed by atoms with Gasteiger partial charge in [-0.05, 0) is 38.1 Å². The van der Waals surface area contributed by atoms with Crippen LogP contribution in [0.5, 0.6) is 0 Å². The summed E-state index contributed by atoms with van der Waals surface area (Å²) in [5.74, 6) is -0.0418. The summed E-state index contributed by atoms with van der Waals surface area (Å²) in [6.07, 6.45) is 0. The molecule has 2 aromatic rings. The fourth-order valence-corrected chi connectivity index (χ4v) is 2.07. The summed E-state index contributed by atoms with van der Waals surface area (Å²) in [5, 5.41) is 2.64. The summed E-state index contributed by atoms with van der Waals surface area (Å²) in [5.41, 5.74) is 8.19. The predicted octanol–water partition coefficient (Wildman–Crippen LogP) is 2.69. The number of hydrogen-bond donors (Lipinski definition) is 2. The number of rotatable bonds is 2. The van der Waals surface area contributed by atoms with Gasteiger partial charge < -0.3 is 5.73 Å². The van der Waals surface area contributed by atoms with E-state index in [1.165, 1.54) is 0 Å². The second-order valence-electron chi connectivity index (χ2n) is 4.16. The van der Waals surface area contributed by atoms with E-state index in [1.807, 2.05) is 19.9 Å². The van der Waals surface area contributed by atoms with Gasteiger partial charge in [-0.1, -0.05) is 15.9 Å². The first kappa shape index (κ1) is 13.5. The summed E-state index contributed by atoms with van der Waals surface area (Å²) >= 11 is 3.29. The van der Waals surface area contributed by atoms with Crippen molar-refractivity contribution in [1.82, 2.24) is 9.97 Å². The van der Waals surface area contributed by atoms with Crippen LogP contribution in [0.25, 0.3) is 0 Å². The first-order valence-corrected chi connectivity index (χ1v) is 6.43. The highest BCUT2D eigenvalue weighted by Gasteiger charge is 2.11. The van der Waals surface area contributed by atoms with E-state index in [2.05, 4.69) is 31.2 Å². The Kier molecular flexibility index (Phi) is 3.80. The predicted molar refractivity (Wildman–Crippen MR) is 78.0 cm³/mol. The molecule has 0 aliphatic rings. The van der Waals surface area contributed by atoms with Gasteiger partial charge in [0.05, 0.1) is 5.56 Å². The molecule has 0 spiro atoms. The third-order valence-corrected chi connectivity index (χ3v) is 2.96. The Morgan fingerprint density at radius 3 is 2.42 bits per heavy atom. The third-order valence-electron chi connectivity index (χ3n) is 2.47. The molecule has 1 heterocycles. The zero-order valence-electron chi connectivity index (χ0n) is 10.6. The Hall–Kier alpha value is -1.95. The molecular weight excluding hydrogens is 308 g/mol. The molecule has 1 aromatic heterocycles. The van der Waals surface area contributed by atoms with Crippen molar-refractivity contribution in [2.75, 3.05) is 11.1 Å². The maximum Gasteiger partial charge on any atom is 0.260 e. The first-order valence-electron chi connectivity index (χ1n) is 5.64. The summed E-state index contributed by atoms with van der Waals surface area (Å²) in [7, 11) is 0. The SMILES string of the molecule is Cc1cc(C)nc(NC(=O)c2ccc(Br)cc2N)n1. The molecule has 0 atom stereocenters. The van der Waals surface area contributed by atoms with Gasteiger partial charge in [0.25, 0.3) is 5.91 Å². The first-order chi connectivity index (χ1) is 8.95. The average molecular weight is 321 g/mol. The fourth-order valence-electron chi connectivity index (χ4n) is 1.69. The number of hydrogen-bond acceptors (Lipinski definition) is 4. The van der Waals surface area contributed by atoms with E-state index in [0.29, 0.717) is 11.3 Å². The molecule has 5 nitrogen and oxygen atoms in total. The fraction of sp³-hybridized carbons (Fsp3) is 0.154. The molecule has 19 heavy (non-hydrogen) atoms. The quantitative estimate of drug-likeness (QED) is 0.833. The average Bonchev–Trinajstić information content (AvgIpc) is 2.26. The minimum Gasteiger partial charge on any atom is -0.398 e. The van der Waals surface area contributed by atoms with Crippen LogP contribution in [0.3, 0.4) is 0 Å². The summed E-state index contributed by atoms with van der Waals surface area (Å²) in [4.78, 5) is 20.4. The van der Waals surface area contributed by atoms with Gasteiger partial charge in [-0.25, -0.2) is 9.97 Å². The van der Waals surface area contributed by atoms with Crippen LogP contribution in [0.4, 0.5) is 11.6 Å². The number of benzene rings is 1. The van der Waals surface area contributed by atoms with Crippen LogP contribution >= 0.6 is 15.9 Å². The highest BCUT2D eigenvalue weighted by Crippen LogP contribution is 2.19. The Morgan fingerprint density at radius 2 is 1.84 bits per heavy atom. The Bertz CT molecular complexity index is 622. The second-order valence-corrected chi connectivity index (χ2v) is 5.08. The molecule has 0 unspecified atom stereocenters. The van der Waals surface area contributed by atoms with Gasteiger partial charge in [0.1, 0.15) is 0 Å². The molecule has 0 fully saturated rings. The van der Waals surface area contributed by atoms with Crippen molar-refractivity contribution in [3.05, 3.63) is 45.7 Å². The monoisotopic (exact) mass is 320 g/mol. The lowest BCUT2D eigenvalue weighted by molar-refractivity contribution is 0.102. The lowest BCUT2D eigenvalue weighted by atomic mass is 10.2. The van der Waals surface area contributed by atoms with Crippen molar-refractivity contribution in [2.24, 2.45) is 0 Å². The van der Waals surface area contributed by atoms with E-state index in [0.717, 1.165) is 15.9 Å². The van der Waals surface area contributed by atoms with Crippen LogP contribution in [-0.2, 0) is 0 Å². The lowest BCUT2D eigenvalue weighted by Gasteiger charge is -2.07. The molecule has 3 N–H and O–H groups in total. The Labute approximate surface area is 119 Å². The molecule has 1 aromatic carbocycles. The topological polar surface area (TPSA) is 80.9 Å². The number of aromatic nitrogens is 2. The largest absolute Gasteiger partial charge is 0.398 e. The van der Waals surface area contributed by atoms with Crippen molar-refractivity contribution < 1.29 is 4.79 Å². The molecule has 6 heteroatoms. The second kappa shape index (κ2) is 5.36. The van der Waals surface area contributed by atoms with Gasteiger partial charge in [-0.2, -0.15) is 0 Å². The standard InChI is InChI=1S/C13H13BrN4O/c1-7-5-8(2)17-13(16-7)18-12(19)10-4-3-9(14)6-11(10)15/h3-6H,15H2,1-2H3,(H,16,17,18,19). The van der Waals surface area contributed by atoms with Crippen LogP contribution in [0.2, 0.25) is 0 Å². The molecule has 1 amide bonds. The van der Waals surface area contributed by atoms with Gasteiger partial charge in [0.2, 0.25) is 5.95 Å². The number of halogens is 1.